The molecule has 0 aliphatic rings. The maximum atomic E-state index is 6.14. The van der Waals surface area contributed by atoms with Crippen LogP contribution in [-0.2, 0) is 0 Å². The maximum Gasteiger partial charge on any atom is 0.137 e. The number of unbranched alkanes of at least 4 members (excludes halogenated alkanes) is 13. The summed E-state index contributed by atoms with van der Waals surface area (Å²) >= 11 is 6.14. The average molecular weight is 390 g/mol. The van der Waals surface area contributed by atoms with Crippen LogP contribution in [0.25, 0.3) is 0 Å². The summed E-state index contributed by atoms with van der Waals surface area (Å²) in [5.74, 6) is 0. The molecule has 3 heteroatoms. The van der Waals surface area contributed by atoms with Crippen LogP contribution in [0.15, 0.2) is 0 Å². The van der Waals surface area contributed by atoms with Crippen LogP contribution in [-0.4, -0.2) is 31.4 Å². The molecule has 0 bridgehead atoms. The van der Waals surface area contributed by atoms with Gasteiger partial charge in [-0.1, -0.05) is 117 Å². The molecule has 0 rings (SSSR count). The van der Waals surface area contributed by atoms with Crippen molar-refractivity contribution in [2.45, 2.75) is 129 Å². The van der Waals surface area contributed by atoms with Crippen LogP contribution in [0.1, 0.15) is 110 Å². The Balaban J connectivity index is 3.34. The molecule has 0 aliphatic heterocycles. The minimum atomic E-state index is -1.35. The summed E-state index contributed by atoms with van der Waals surface area (Å²) in [4.78, 5) is 0. The van der Waals surface area contributed by atoms with E-state index in [1.54, 1.807) is 0 Å². The standard InChI is InChI=1S/C22H48ClNSi/c1-6-7-8-9-10-11-12-13-14-15-16-17-18-19-20-22(2)24(3)25(4,5)21-23/h22H,6-21H2,1-5H3. The summed E-state index contributed by atoms with van der Waals surface area (Å²) < 4.78 is 2.59. The van der Waals surface area contributed by atoms with Gasteiger partial charge in [-0.3, -0.25) is 0 Å². The first-order valence-electron chi connectivity index (χ1n) is 11.2. The molecule has 1 unspecified atom stereocenters. The molecule has 1 nitrogen and oxygen atoms in total. The summed E-state index contributed by atoms with van der Waals surface area (Å²) in [5.41, 5.74) is 0.840. The Morgan fingerprint density at radius 1 is 0.720 bits per heavy atom. The number of rotatable bonds is 18. The first-order chi connectivity index (χ1) is 12.0. The summed E-state index contributed by atoms with van der Waals surface area (Å²) in [6, 6.07) is 0.692. The lowest BCUT2D eigenvalue weighted by atomic mass is 10.0. The van der Waals surface area contributed by atoms with Gasteiger partial charge in [-0.2, -0.15) is 0 Å². The van der Waals surface area contributed by atoms with E-state index in [9.17, 15) is 0 Å². The highest BCUT2D eigenvalue weighted by atomic mass is 35.5. The third kappa shape index (κ3) is 14.2. The lowest BCUT2D eigenvalue weighted by Crippen LogP contribution is -2.52. The molecule has 0 spiro atoms. The summed E-state index contributed by atoms with van der Waals surface area (Å²) in [5, 5.41) is 0. The van der Waals surface area contributed by atoms with Crippen molar-refractivity contribution in [1.29, 1.82) is 0 Å². The fourth-order valence-electron chi connectivity index (χ4n) is 3.52. The van der Waals surface area contributed by atoms with Crippen LogP contribution in [0.2, 0.25) is 13.1 Å². The fraction of sp³-hybridized carbons (Fsp3) is 1.00. The number of halogens is 1. The van der Waals surface area contributed by atoms with Crippen molar-refractivity contribution in [2.24, 2.45) is 0 Å². The average Bonchev–Trinajstić information content (AvgIpc) is 2.61. The van der Waals surface area contributed by atoms with E-state index in [4.69, 9.17) is 11.6 Å². The normalized spacial score (nSPS) is 13.6. The first-order valence-corrected chi connectivity index (χ1v) is 14.9. The van der Waals surface area contributed by atoms with E-state index in [1.807, 2.05) is 0 Å². The van der Waals surface area contributed by atoms with E-state index >= 15 is 0 Å². The monoisotopic (exact) mass is 389 g/mol. The van der Waals surface area contributed by atoms with Crippen LogP contribution >= 0.6 is 11.6 Å². The molecule has 0 radical (unpaired) electrons. The number of hydrogen-bond acceptors (Lipinski definition) is 1. The Bertz CT molecular complexity index is 283. The van der Waals surface area contributed by atoms with E-state index < -0.39 is 8.24 Å². The molecule has 0 saturated carbocycles. The molecular weight excluding hydrogens is 342 g/mol. The molecule has 0 fully saturated rings. The molecular formula is C22H48ClNSi. The van der Waals surface area contributed by atoms with E-state index in [0.717, 1.165) is 5.50 Å². The van der Waals surface area contributed by atoms with E-state index in [-0.39, 0.29) is 0 Å². The Labute approximate surface area is 166 Å². The van der Waals surface area contributed by atoms with E-state index in [2.05, 4.69) is 38.6 Å². The third-order valence-electron chi connectivity index (χ3n) is 5.92. The largest absolute Gasteiger partial charge is 0.323 e. The van der Waals surface area contributed by atoms with Gasteiger partial charge in [0.15, 0.2) is 0 Å². The smallest absolute Gasteiger partial charge is 0.137 e. The molecule has 1 atom stereocenters. The van der Waals surface area contributed by atoms with Crippen molar-refractivity contribution in [3.8, 4) is 0 Å². The molecule has 0 saturated heterocycles. The second-order valence-electron chi connectivity index (χ2n) is 8.79. The second kappa shape index (κ2) is 16.6. The zero-order valence-electron chi connectivity index (χ0n) is 18.2. The molecule has 0 N–H and O–H groups in total. The van der Waals surface area contributed by atoms with Crippen molar-refractivity contribution >= 4 is 19.8 Å². The van der Waals surface area contributed by atoms with Crippen molar-refractivity contribution in [3.63, 3.8) is 0 Å². The predicted molar refractivity (Wildman–Crippen MR) is 120 cm³/mol. The van der Waals surface area contributed by atoms with Gasteiger partial charge in [-0.25, -0.2) is 0 Å². The molecule has 152 valence electrons. The SMILES string of the molecule is CCCCCCCCCCCCCCCCC(C)N(C)[Si](C)(C)CCl. The van der Waals surface area contributed by atoms with Crippen LogP contribution in [0.4, 0.5) is 0 Å². The maximum absolute atomic E-state index is 6.14. The second-order valence-corrected chi connectivity index (χ2v) is 14.2. The Morgan fingerprint density at radius 2 is 1.08 bits per heavy atom. The molecule has 0 aromatic carbocycles. The van der Waals surface area contributed by atoms with Crippen LogP contribution < -0.4 is 0 Å². The Kier molecular flexibility index (Phi) is 16.9. The minimum absolute atomic E-state index is 0.692. The predicted octanol–water partition coefficient (Wildman–Crippen LogP) is 8.16. The highest BCUT2D eigenvalue weighted by Gasteiger charge is 2.28. The van der Waals surface area contributed by atoms with Gasteiger partial charge in [0, 0.05) is 11.5 Å². The lowest BCUT2D eigenvalue weighted by molar-refractivity contribution is 0.359. The van der Waals surface area contributed by atoms with Gasteiger partial charge in [0.1, 0.15) is 8.24 Å². The van der Waals surface area contributed by atoms with Crippen LogP contribution in [0.5, 0.6) is 0 Å². The van der Waals surface area contributed by atoms with Gasteiger partial charge in [0.2, 0.25) is 0 Å². The zero-order valence-corrected chi connectivity index (χ0v) is 20.0. The summed E-state index contributed by atoms with van der Waals surface area (Å²) in [7, 11) is 0.929. The van der Waals surface area contributed by atoms with Crippen molar-refractivity contribution < 1.29 is 0 Å². The zero-order chi connectivity index (χ0) is 19.0. The molecule has 0 heterocycles. The lowest BCUT2D eigenvalue weighted by Gasteiger charge is -2.37. The molecule has 25 heavy (non-hydrogen) atoms. The van der Waals surface area contributed by atoms with Gasteiger partial charge in [-0.15, -0.1) is 11.6 Å². The van der Waals surface area contributed by atoms with Gasteiger partial charge in [0.25, 0.3) is 0 Å². The van der Waals surface area contributed by atoms with Gasteiger partial charge in [0.05, 0.1) is 0 Å². The highest BCUT2D eigenvalue weighted by Crippen LogP contribution is 2.18. The third-order valence-corrected chi connectivity index (χ3v) is 10.9. The quantitative estimate of drug-likeness (QED) is 0.130. The van der Waals surface area contributed by atoms with Crippen molar-refractivity contribution in [2.75, 3.05) is 12.6 Å². The molecule has 0 aliphatic carbocycles. The van der Waals surface area contributed by atoms with Crippen LogP contribution in [0, 0.1) is 0 Å². The van der Waals surface area contributed by atoms with Gasteiger partial charge >= 0.3 is 0 Å². The molecule has 0 aromatic heterocycles. The van der Waals surface area contributed by atoms with Crippen molar-refractivity contribution in [1.82, 2.24) is 4.57 Å². The Hall–Kier alpha value is 0.467. The molecule has 0 aromatic rings. The van der Waals surface area contributed by atoms with Crippen molar-refractivity contribution in [3.05, 3.63) is 0 Å². The Morgan fingerprint density at radius 3 is 1.44 bits per heavy atom. The molecule has 0 amide bonds. The van der Waals surface area contributed by atoms with Crippen LogP contribution in [0.3, 0.4) is 0 Å². The number of alkyl halides is 1. The topological polar surface area (TPSA) is 3.24 Å². The summed E-state index contributed by atoms with van der Waals surface area (Å²) in [6.07, 6.45) is 21.5. The van der Waals surface area contributed by atoms with Gasteiger partial charge in [-0.05, 0) is 13.5 Å². The van der Waals surface area contributed by atoms with Gasteiger partial charge < -0.3 is 4.57 Å². The first kappa shape index (κ1) is 25.5. The summed E-state index contributed by atoms with van der Waals surface area (Å²) in [6.45, 7) is 9.43. The minimum Gasteiger partial charge on any atom is -0.323 e. The fourth-order valence-corrected chi connectivity index (χ4v) is 5.60. The highest BCUT2D eigenvalue weighted by molar-refractivity contribution is 6.80. The number of nitrogens with zero attached hydrogens (tertiary/aromatic N) is 1. The van der Waals surface area contributed by atoms with E-state index in [0.29, 0.717) is 6.04 Å². The van der Waals surface area contributed by atoms with E-state index in [1.165, 1.54) is 96.3 Å². The number of hydrogen-bond donors (Lipinski definition) is 0.